The quantitative estimate of drug-likeness (QED) is 0.293. The first-order valence-corrected chi connectivity index (χ1v) is 14.0. The molecule has 0 saturated heterocycles. The third kappa shape index (κ3) is 4.17. The molecular weight excluding hydrogens is 476 g/mol. The molecule has 0 spiro atoms. The third-order valence-corrected chi connectivity index (χ3v) is 8.80. The van der Waals surface area contributed by atoms with Crippen LogP contribution < -0.4 is 14.7 Å². The Morgan fingerprint density at radius 1 is 0.838 bits per heavy atom. The van der Waals surface area contributed by atoms with Gasteiger partial charge in [0.1, 0.15) is 0 Å². The van der Waals surface area contributed by atoms with Gasteiger partial charge in [0.15, 0.2) is 0 Å². The first-order valence-electron chi connectivity index (χ1n) is 13.1. The molecular formula is C31H34N4OS. The van der Waals surface area contributed by atoms with Gasteiger partial charge < -0.3 is 14.4 Å². The van der Waals surface area contributed by atoms with E-state index >= 15 is 0 Å². The molecule has 1 aliphatic carbocycles. The first-order chi connectivity index (χ1) is 17.9. The molecule has 4 aromatic rings. The van der Waals surface area contributed by atoms with Crippen LogP contribution in [0.5, 0.6) is 0 Å². The summed E-state index contributed by atoms with van der Waals surface area (Å²) in [4.78, 5) is 22.5. The van der Waals surface area contributed by atoms with E-state index in [1.165, 1.54) is 35.0 Å². The van der Waals surface area contributed by atoms with Gasteiger partial charge in [0.05, 0.1) is 11.4 Å². The minimum absolute atomic E-state index is 0.139. The molecule has 37 heavy (non-hydrogen) atoms. The topological polar surface area (TPSA) is 31.7 Å². The Hall–Kier alpha value is -3.38. The molecule has 3 aromatic carbocycles. The Morgan fingerprint density at radius 2 is 1.46 bits per heavy atom. The van der Waals surface area contributed by atoms with E-state index in [0.717, 1.165) is 45.4 Å². The molecule has 1 aromatic heterocycles. The summed E-state index contributed by atoms with van der Waals surface area (Å²) in [7, 11) is 8.22. The number of hydrogen-bond donors (Lipinski definition) is 0. The van der Waals surface area contributed by atoms with Crippen LogP contribution in [0.1, 0.15) is 30.5 Å². The average molecular weight is 511 g/mol. The van der Waals surface area contributed by atoms with Gasteiger partial charge in [-0.15, -0.1) is 0 Å². The molecule has 6 heteroatoms. The smallest absolute Gasteiger partial charge is 0.233 e. The van der Waals surface area contributed by atoms with Crippen molar-refractivity contribution in [3.63, 3.8) is 0 Å². The van der Waals surface area contributed by atoms with Crippen LogP contribution in [0.15, 0.2) is 70.5 Å². The second-order valence-corrected chi connectivity index (χ2v) is 11.6. The summed E-state index contributed by atoms with van der Waals surface area (Å²) in [6.45, 7) is 0.703. The number of para-hydroxylation sites is 1. The van der Waals surface area contributed by atoms with Crippen LogP contribution in [0.4, 0.5) is 22.7 Å². The maximum Gasteiger partial charge on any atom is 0.233 e. The second kappa shape index (κ2) is 9.49. The van der Waals surface area contributed by atoms with E-state index in [9.17, 15) is 4.79 Å². The van der Waals surface area contributed by atoms with Crippen LogP contribution >= 0.6 is 11.8 Å². The zero-order valence-corrected chi connectivity index (χ0v) is 22.9. The van der Waals surface area contributed by atoms with Gasteiger partial charge in [0.2, 0.25) is 5.91 Å². The fourth-order valence-corrected chi connectivity index (χ4v) is 6.90. The van der Waals surface area contributed by atoms with E-state index < -0.39 is 0 Å². The molecule has 0 saturated carbocycles. The van der Waals surface area contributed by atoms with Gasteiger partial charge in [-0.2, -0.15) is 0 Å². The summed E-state index contributed by atoms with van der Waals surface area (Å²) in [5.74, 6) is 0.139. The normalized spacial score (nSPS) is 14.2. The van der Waals surface area contributed by atoms with Crippen LogP contribution in [0.25, 0.3) is 10.9 Å². The molecule has 1 amide bonds. The maximum atomic E-state index is 14.0. The van der Waals surface area contributed by atoms with E-state index in [1.54, 1.807) is 11.8 Å². The molecule has 2 aliphatic rings. The Balaban J connectivity index is 1.37. The lowest BCUT2D eigenvalue weighted by Gasteiger charge is -2.33. The summed E-state index contributed by atoms with van der Waals surface area (Å²) in [5, 5.41) is 1.36. The molecule has 0 bridgehead atoms. The SMILES string of the molecule is CN(C)c1ccc2c(c1)Sc1cc(N(C)C)ccc1N2C(=O)CCn1c2c(c3ccccc31)CCCC2. The van der Waals surface area contributed by atoms with Gasteiger partial charge in [0.25, 0.3) is 0 Å². The molecule has 2 heterocycles. The van der Waals surface area contributed by atoms with Gasteiger partial charge >= 0.3 is 0 Å². The lowest BCUT2D eigenvalue weighted by molar-refractivity contribution is -0.118. The molecule has 6 rings (SSSR count). The third-order valence-electron chi connectivity index (χ3n) is 7.70. The number of aromatic nitrogens is 1. The fourth-order valence-electron chi connectivity index (χ4n) is 5.77. The number of aryl methyl sites for hydroxylation is 2. The predicted molar refractivity (Wildman–Crippen MR) is 156 cm³/mol. The second-order valence-electron chi connectivity index (χ2n) is 10.5. The molecule has 1 aliphatic heterocycles. The highest BCUT2D eigenvalue weighted by atomic mass is 32.2. The lowest BCUT2D eigenvalue weighted by Crippen LogP contribution is -2.29. The van der Waals surface area contributed by atoms with E-state index in [4.69, 9.17) is 0 Å². The van der Waals surface area contributed by atoms with Gasteiger partial charge in [0, 0.05) is 78.9 Å². The number of carbonyl (C=O) groups is 1. The number of nitrogens with zero attached hydrogens (tertiary/aromatic N) is 4. The number of carbonyl (C=O) groups excluding carboxylic acids is 1. The summed E-state index contributed by atoms with van der Waals surface area (Å²) in [5.41, 5.74) is 8.42. The summed E-state index contributed by atoms with van der Waals surface area (Å²) >= 11 is 1.75. The molecule has 0 fully saturated rings. The van der Waals surface area contributed by atoms with E-state index in [1.807, 2.05) is 4.90 Å². The number of anilines is 4. The van der Waals surface area contributed by atoms with Crippen molar-refractivity contribution < 1.29 is 4.79 Å². The fraction of sp³-hybridized carbons (Fsp3) is 0.323. The highest BCUT2D eigenvalue weighted by molar-refractivity contribution is 7.99. The predicted octanol–water partition coefficient (Wildman–Crippen LogP) is 6.87. The number of hydrogen-bond acceptors (Lipinski definition) is 4. The van der Waals surface area contributed by atoms with Gasteiger partial charge in [-0.1, -0.05) is 30.0 Å². The highest BCUT2D eigenvalue weighted by Gasteiger charge is 2.29. The Bertz CT molecular complexity index is 1450. The number of amides is 1. The summed E-state index contributed by atoms with van der Waals surface area (Å²) < 4.78 is 2.42. The Kier molecular flexibility index (Phi) is 6.15. The van der Waals surface area contributed by atoms with Crippen molar-refractivity contribution in [3.05, 3.63) is 71.9 Å². The number of rotatable bonds is 5. The molecule has 5 nitrogen and oxygen atoms in total. The Morgan fingerprint density at radius 3 is 2.11 bits per heavy atom. The molecule has 0 radical (unpaired) electrons. The van der Waals surface area contributed by atoms with Gasteiger partial charge in [-0.25, -0.2) is 0 Å². The zero-order chi connectivity index (χ0) is 25.7. The standard InChI is InChI=1S/C31H34N4OS/c1-32(2)21-13-15-27-29(19-21)37-30-20-22(33(3)4)14-16-28(30)35(27)31(36)17-18-34-25-11-7-5-9-23(25)24-10-6-8-12-26(24)34/h5,7,9,11,13-16,19-20H,6,8,10,12,17-18H2,1-4H3. The van der Waals surface area contributed by atoms with Gasteiger partial charge in [-0.3, -0.25) is 9.69 Å². The molecule has 0 N–H and O–H groups in total. The summed E-state index contributed by atoms with van der Waals surface area (Å²) in [6, 6.07) is 21.5. The van der Waals surface area contributed by atoms with Gasteiger partial charge in [-0.05, 0) is 73.7 Å². The van der Waals surface area contributed by atoms with Crippen molar-refractivity contribution in [1.82, 2.24) is 4.57 Å². The van der Waals surface area contributed by atoms with Crippen molar-refractivity contribution in [2.24, 2.45) is 0 Å². The minimum Gasteiger partial charge on any atom is -0.378 e. The average Bonchev–Trinajstić information content (AvgIpc) is 3.23. The minimum atomic E-state index is 0.139. The van der Waals surface area contributed by atoms with Crippen molar-refractivity contribution in [3.8, 4) is 0 Å². The van der Waals surface area contributed by atoms with Crippen LogP contribution in [0.3, 0.4) is 0 Å². The highest BCUT2D eigenvalue weighted by Crippen LogP contribution is 2.50. The number of fused-ring (bicyclic) bond motifs is 5. The van der Waals surface area contributed by atoms with Crippen LogP contribution in [0, 0.1) is 0 Å². The summed E-state index contributed by atoms with van der Waals surface area (Å²) in [6.07, 6.45) is 5.18. The first kappa shape index (κ1) is 24.0. The lowest BCUT2D eigenvalue weighted by atomic mass is 9.95. The van der Waals surface area contributed by atoms with Crippen molar-refractivity contribution in [2.45, 2.75) is 48.4 Å². The molecule has 0 atom stereocenters. The van der Waals surface area contributed by atoms with E-state index in [-0.39, 0.29) is 5.91 Å². The Labute approximate surface area is 223 Å². The van der Waals surface area contributed by atoms with Crippen LogP contribution in [-0.2, 0) is 24.2 Å². The molecule has 0 unspecified atom stereocenters. The molecule has 190 valence electrons. The van der Waals surface area contributed by atoms with E-state index in [2.05, 4.69) is 103 Å². The van der Waals surface area contributed by atoms with Crippen molar-refractivity contribution in [1.29, 1.82) is 0 Å². The van der Waals surface area contributed by atoms with E-state index in [0.29, 0.717) is 13.0 Å². The van der Waals surface area contributed by atoms with Crippen LogP contribution in [0.2, 0.25) is 0 Å². The van der Waals surface area contributed by atoms with Crippen molar-refractivity contribution in [2.75, 3.05) is 42.9 Å². The largest absolute Gasteiger partial charge is 0.378 e. The van der Waals surface area contributed by atoms with Crippen molar-refractivity contribution >= 4 is 51.3 Å². The number of benzene rings is 3. The zero-order valence-electron chi connectivity index (χ0n) is 22.1. The monoisotopic (exact) mass is 510 g/mol. The maximum absolute atomic E-state index is 14.0. The van der Waals surface area contributed by atoms with Crippen LogP contribution in [-0.4, -0.2) is 38.7 Å².